The molecule has 0 aliphatic rings. The van der Waals surface area contributed by atoms with Crippen LogP contribution in [0.25, 0.3) is 62.6 Å². The molecule has 0 atom stereocenters. The van der Waals surface area contributed by atoms with Crippen molar-refractivity contribution in [3.63, 3.8) is 0 Å². The zero-order valence-corrected chi connectivity index (χ0v) is 30.9. The second kappa shape index (κ2) is 13.2. The monoisotopic (exact) mass is 713 g/mol. The van der Waals surface area contributed by atoms with E-state index in [0.29, 0.717) is 0 Å². The lowest BCUT2D eigenvalue weighted by molar-refractivity contribution is 1.20. The molecule has 10 rings (SSSR count). The van der Waals surface area contributed by atoms with Crippen LogP contribution in [0.1, 0.15) is 16.7 Å². The molecule has 0 N–H and O–H groups in total. The van der Waals surface area contributed by atoms with Gasteiger partial charge in [0.15, 0.2) is 0 Å². The number of anilines is 3. The van der Waals surface area contributed by atoms with Gasteiger partial charge in [0.25, 0.3) is 0 Å². The lowest BCUT2D eigenvalue weighted by Gasteiger charge is -2.26. The molecule has 2 aromatic heterocycles. The van der Waals surface area contributed by atoms with Crippen molar-refractivity contribution in [1.82, 2.24) is 0 Å². The first-order chi connectivity index (χ1) is 26.2. The summed E-state index contributed by atoms with van der Waals surface area (Å²) in [5.41, 5.74) is 12.6. The molecule has 0 aliphatic heterocycles. The van der Waals surface area contributed by atoms with Gasteiger partial charge >= 0.3 is 0 Å². The van der Waals surface area contributed by atoms with E-state index in [1.807, 2.05) is 22.7 Å². The highest BCUT2D eigenvalue weighted by molar-refractivity contribution is 7.26. The molecule has 1 nitrogen and oxygen atoms in total. The maximum Gasteiger partial charge on any atom is 0.0640 e. The molecule has 0 saturated carbocycles. The smallest absolute Gasteiger partial charge is 0.0640 e. The van der Waals surface area contributed by atoms with Crippen molar-refractivity contribution in [3.8, 4) is 22.3 Å². The Morgan fingerprint density at radius 1 is 0.434 bits per heavy atom. The van der Waals surface area contributed by atoms with Crippen molar-refractivity contribution in [2.45, 2.75) is 13.3 Å². The largest absolute Gasteiger partial charge is 0.309 e. The minimum atomic E-state index is 0.858. The van der Waals surface area contributed by atoms with Gasteiger partial charge in [-0.05, 0) is 107 Å². The van der Waals surface area contributed by atoms with Crippen LogP contribution in [0, 0.1) is 6.92 Å². The predicted octanol–water partition coefficient (Wildman–Crippen LogP) is 15.1. The van der Waals surface area contributed by atoms with Gasteiger partial charge < -0.3 is 4.90 Å². The van der Waals surface area contributed by atoms with Crippen molar-refractivity contribution in [3.05, 3.63) is 199 Å². The van der Waals surface area contributed by atoms with Gasteiger partial charge in [0.1, 0.15) is 0 Å². The average molecular weight is 714 g/mol. The molecule has 0 fully saturated rings. The average Bonchev–Trinajstić information content (AvgIpc) is 3.78. The van der Waals surface area contributed by atoms with E-state index in [-0.39, 0.29) is 0 Å². The summed E-state index contributed by atoms with van der Waals surface area (Å²) in [6.45, 7) is 2.21. The number of benzene rings is 8. The van der Waals surface area contributed by atoms with Gasteiger partial charge in [0.2, 0.25) is 0 Å². The summed E-state index contributed by atoms with van der Waals surface area (Å²) >= 11 is 3.77. The van der Waals surface area contributed by atoms with Crippen LogP contribution in [0.2, 0.25) is 0 Å². The summed E-state index contributed by atoms with van der Waals surface area (Å²) < 4.78 is 5.27. The van der Waals surface area contributed by atoms with Gasteiger partial charge in [-0.3, -0.25) is 0 Å². The number of rotatable bonds is 7. The summed E-state index contributed by atoms with van der Waals surface area (Å²) in [4.78, 5) is 2.41. The van der Waals surface area contributed by atoms with Crippen molar-refractivity contribution in [2.24, 2.45) is 0 Å². The van der Waals surface area contributed by atoms with Crippen LogP contribution in [-0.2, 0) is 6.42 Å². The second-order valence-corrected chi connectivity index (χ2v) is 15.8. The first kappa shape index (κ1) is 31.7. The van der Waals surface area contributed by atoms with E-state index >= 15 is 0 Å². The maximum atomic E-state index is 2.44. The molecule has 0 amide bonds. The fraction of sp³-hybridized carbons (Fsp3) is 0.0400. The molecule has 2 heterocycles. The van der Waals surface area contributed by atoms with Crippen LogP contribution in [0.15, 0.2) is 182 Å². The molecule has 3 heteroatoms. The third-order valence-corrected chi connectivity index (χ3v) is 12.9. The molecule has 10 aromatic rings. The third-order valence-electron chi connectivity index (χ3n) is 10.5. The van der Waals surface area contributed by atoms with E-state index in [2.05, 4.69) is 194 Å². The number of para-hydroxylation sites is 1. The van der Waals surface area contributed by atoms with Gasteiger partial charge in [0.05, 0.1) is 10.4 Å². The zero-order valence-electron chi connectivity index (χ0n) is 29.3. The highest BCUT2D eigenvalue weighted by atomic mass is 32.1. The first-order valence-corrected chi connectivity index (χ1v) is 19.8. The number of fused-ring (bicyclic) bond motifs is 6. The highest BCUT2D eigenvalue weighted by Crippen LogP contribution is 2.46. The summed E-state index contributed by atoms with van der Waals surface area (Å²) in [5.74, 6) is 0. The fourth-order valence-electron chi connectivity index (χ4n) is 7.94. The molecule has 0 saturated heterocycles. The van der Waals surface area contributed by atoms with Crippen molar-refractivity contribution in [2.75, 3.05) is 4.90 Å². The Bertz CT molecular complexity index is 2930. The van der Waals surface area contributed by atoms with Crippen LogP contribution < -0.4 is 4.90 Å². The molecule has 0 aliphatic carbocycles. The Labute approximate surface area is 317 Å². The van der Waals surface area contributed by atoms with Gasteiger partial charge in [-0.1, -0.05) is 127 Å². The molecule has 0 unspecified atom stereocenters. The third kappa shape index (κ3) is 5.61. The normalized spacial score (nSPS) is 11.6. The predicted molar refractivity (Wildman–Crippen MR) is 232 cm³/mol. The van der Waals surface area contributed by atoms with Gasteiger partial charge in [0, 0.05) is 47.0 Å². The van der Waals surface area contributed by atoms with E-state index in [4.69, 9.17) is 0 Å². The lowest BCUT2D eigenvalue weighted by atomic mass is 9.91. The first-order valence-electron chi connectivity index (χ1n) is 18.1. The summed E-state index contributed by atoms with van der Waals surface area (Å²) in [5, 5.41) is 5.27. The SMILES string of the molecule is Cc1ccccc1-c1ccccc1Cc1cc(-c2ccc(N(c3ccccc3)c3cccc4c3sc3ccccc34)cc2)c2sc3ccccc3c2c1. The van der Waals surface area contributed by atoms with Crippen LogP contribution in [0.4, 0.5) is 17.1 Å². The number of thiophene rings is 2. The number of hydrogen-bond donors (Lipinski definition) is 0. The van der Waals surface area contributed by atoms with Crippen molar-refractivity contribution >= 4 is 80.1 Å². The molecule has 53 heavy (non-hydrogen) atoms. The lowest BCUT2D eigenvalue weighted by Crippen LogP contribution is -2.09. The van der Waals surface area contributed by atoms with Crippen LogP contribution in [-0.4, -0.2) is 0 Å². The van der Waals surface area contributed by atoms with Gasteiger partial charge in [-0.15, -0.1) is 22.7 Å². The van der Waals surface area contributed by atoms with Gasteiger partial charge in [-0.2, -0.15) is 0 Å². The fourth-order valence-corrected chi connectivity index (χ4v) is 10.4. The van der Waals surface area contributed by atoms with E-state index in [0.717, 1.165) is 17.8 Å². The molecule has 0 radical (unpaired) electrons. The number of aryl methyl sites for hydroxylation is 1. The molecule has 252 valence electrons. The molecule has 0 spiro atoms. The van der Waals surface area contributed by atoms with E-state index in [1.54, 1.807) is 0 Å². The minimum absolute atomic E-state index is 0.858. The molecular formula is C50H35NS2. The topological polar surface area (TPSA) is 3.24 Å². The zero-order chi connectivity index (χ0) is 35.3. The van der Waals surface area contributed by atoms with Crippen molar-refractivity contribution < 1.29 is 0 Å². The molecular weight excluding hydrogens is 679 g/mol. The Hall–Kier alpha value is -6.00. The van der Waals surface area contributed by atoms with E-state index in [1.165, 1.54) is 85.0 Å². The Morgan fingerprint density at radius 3 is 1.81 bits per heavy atom. The van der Waals surface area contributed by atoms with E-state index in [9.17, 15) is 0 Å². The standard InChI is InChI=1S/C50H35NS2/c1-33-14-5-7-18-39(33)40-19-8-6-15-36(40)30-34-31-44(49-45(32-34)42-21-10-12-25-48(42)52-49)35-26-28-38(29-27-35)51(37-16-3-2-4-17-37)46-23-13-22-43-41-20-9-11-24-47(41)53-50(43)46/h2-29,31-32H,30H2,1H3. The summed E-state index contributed by atoms with van der Waals surface area (Å²) in [6, 6.07) is 66.8. The number of hydrogen-bond acceptors (Lipinski definition) is 3. The molecule has 8 aromatic carbocycles. The van der Waals surface area contributed by atoms with Crippen LogP contribution in [0.5, 0.6) is 0 Å². The van der Waals surface area contributed by atoms with Crippen LogP contribution >= 0.6 is 22.7 Å². The summed E-state index contributed by atoms with van der Waals surface area (Å²) in [7, 11) is 0. The van der Waals surface area contributed by atoms with E-state index < -0.39 is 0 Å². The van der Waals surface area contributed by atoms with Gasteiger partial charge in [-0.25, -0.2) is 0 Å². The summed E-state index contributed by atoms with van der Waals surface area (Å²) in [6.07, 6.45) is 0.858. The quantitative estimate of drug-likeness (QED) is 0.159. The number of nitrogens with zero attached hydrogens (tertiary/aromatic N) is 1. The van der Waals surface area contributed by atoms with Crippen molar-refractivity contribution in [1.29, 1.82) is 0 Å². The Balaban J connectivity index is 1.11. The highest BCUT2D eigenvalue weighted by Gasteiger charge is 2.19. The Kier molecular flexibility index (Phi) is 7.90. The minimum Gasteiger partial charge on any atom is -0.309 e. The van der Waals surface area contributed by atoms with Crippen LogP contribution in [0.3, 0.4) is 0 Å². The second-order valence-electron chi connectivity index (χ2n) is 13.7. The maximum absolute atomic E-state index is 2.44. The Morgan fingerprint density at radius 2 is 1.04 bits per heavy atom. The molecule has 0 bridgehead atoms.